The van der Waals surface area contributed by atoms with Crippen LogP contribution in [0.2, 0.25) is 0 Å². The summed E-state index contributed by atoms with van der Waals surface area (Å²) in [6.07, 6.45) is 3.67. The zero-order valence-electron chi connectivity index (χ0n) is 8.77. The SMILES string of the molecule is Sc1cc(C2CCCCN2)c(S)c(S)c1S. The Morgan fingerprint density at radius 1 is 1.00 bits per heavy atom. The lowest BCUT2D eigenvalue weighted by Gasteiger charge is -2.26. The van der Waals surface area contributed by atoms with E-state index in [9.17, 15) is 0 Å². The van der Waals surface area contributed by atoms with E-state index in [4.69, 9.17) is 0 Å². The van der Waals surface area contributed by atoms with Gasteiger partial charge in [0.15, 0.2) is 0 Å². The van der Waals surface area contributed by atoms with Gasteiger partial charge in [-0.25, -0.2) is 0 Å². The second-order valence-electron chi connectivity index (χ2n) is 4.03. The standard InChI is InChI=1S/C11H15NS4/c13-8-5-6(7-3-1-2-4-12-7)9(14)11(16)10(8)15/h5,7,12-16H,1-4H2. The minimum absolute atomic E-state index is 0.381. The van der Waals surface area contributed by atoms with Crippen molar-refractivity contribution in [1.29, 1.82) is 0 Å². The Hall–Kier alpha value is 0.580. The maximum atomic E-state index is 4.54. The zero-order chi connectivity index (χ0) is 11.7. The maximum absolute atomic E-state index is 4.54. The number of piperidine rings is 1. The molecule has 1 aliphatic heterocycles. The van der Waals surface area contributed by atoms with Crippen molar-refractivity contribution in [2.45, 2.75) is 44.9 Å². The van der Waals surface area contributed by atoms with Crippen LogP contribution in [0.15, 0.2) is 25.6 Å². The second kappa shape index (κ2) is 5.48. The third kappa shape index (κ3) is 2.53. The molecule has 0 amide bonds. The van der Waals surface area contributed by atoms with Crippen LogP contribution in [0.5, 0.6) is 0 Å². The van der Waals surface area contributed by atoms with Gasteiger partial charge >= 0.3 is 0 Å². The Morgan fingerprint density at radius 2 is 1.75 bits per heavy atom. The van der Waals surface area contributed by atoms with Crippen LogP contribution in [0.4, 0.5) is 0 Å². The summed E-state index contributed by atoms with van der Waals surface area (Å²) in [5.41, 5.74) is 1.19. The van der Waals surface area contributed by atoms with Crippen LogP contribution >= 0.6 is 50.5 Å². The third-order valence-electron chi connectivity index (χ3n) is 2.94. The van der Waals surface area contributed by atoms with Crippen molar-refractivity contribution < 1.29 is 0 Å². The summed E-state index contributed by atoms with van der Waals surface area (Å²) in [4.78, 5) is 3.41. The lowest BCUT2D eigenvalue weighted by molar-refractivity contribution is 0.406. The van der Waals surface area contributed by atoms with Crippen LogP contribution in [-0.4, -0.2) is 6.54 Å². The van der Waals surface area contributed by atoms with E-state index in [1.165, 1.54) is 18.4 Å². The molecule has 88 valence electrons. The molecule has 1 aliphatic rings. The molecule has 0 aliphatic carbocycles. The fraction of sp³-hybridized carbons (Fsp3) is 0.455. The molecule has 1 N–H and O–H groups in total. The van der Waals surface area contributed by atoms with Gasteiger partial charge in [0.25, 0.3) is 0 Å². The second-order valence-corrected chi connectivity index (χ2v) is 5.86. The fourth-order valence-corrected chi connectivity index (χ4v) is 3.22. The van der Waals surface area contributed by atoms with Gasteiger partial charge in [0.1, 0.15) is 0 Å². The van der Waals surface area contributed by atoms with Gasteiger partial charge in [0, 0.05) is 25.6 Å². The molecular formula is C11H15NS4. The average molecular weight is 290 g/mol. The predicted octanol–water partition coefficient (Wildman–Crippen LogP) is 3.66. The van der Waals surface area contributed by atoms with E-state index in [2.05, 4.69) is 61.9 Å². The molecule has 5 heteroatoms. The van der Waals surface area contributed by atoms with E-state index in [0.717, 1.165) is 32.5 Å². The summed E-state index contributed by atoms with van der Waals surface area (Å²) in [6.45, 7) is 1.07. The molecule has 1 aromatic carbocycles. The van der Waals surface area contributed by atoms with E-state index in [1.54, 1.807) is 0 Å². The van der Waals surface area contributed by atoms with Crippen LogP contribution in [0.3, 0.4) is 0 Å². The summed E-state index contributed by atoms with van der Waals surface area (Å²) in [5, 5.41) is 3.51. The molecule has 1 atom stereocenters. The zero-order valence-corrected chi connectivity index (χ0v) is 12.3. The Morgan fingerprint density at radius 3 is 2.38 bits per heavy atom. The van der Waals surface area contributed by atoms with E-state index in [0.29, 0.717) is 6.04 Å². The number of thiol groups is 4. The van der Waals surface area contributed by atoms with E-state index in [-0.39, 0.29) is 0 Å². The molecule has 1 saturated heterocycles. The van der Waals surface area contributed by atoms with Crippen LogP contribution in [0.25, 0.3) is 0 Å². The summed E-state index contributed by atoms with van der Waals surface area (Å²) >= 11 is 17.8. The van der Waals surface area contributed by atoms with Gasteiger partial charge in [-0.1, -0.05) is 6.42 Å². The first-order valence-corrected chi connectivity index (χ1v) is 7.10. The van der Waals surface area contributed by atoms with Crippen LogP contribution in [0, 0.1) is 0 Å². The van der Waals surface area contributed by atoms with Crippen molar-refractivity contribution in [2.24, 2.45) is 0 Å². The topological polar surface area (TPSA) is 12.0 Å². The minimum atomic E-state index is 0.381. The predicted molar refractivity (Wildman–Crippen MR) is 80.0 cm³/mol. The Kier molecular flexibility index (Phi) is 4.46. The van der Waals surface area contributed by atoms with Gasteiger partial charge in [-0.15, -0.1) is 50.5 Å². The number of benzene rings is 1. The highest BCUT2D eigenvalue weighted by molar-refractivity contribution is 7.86. The highest BCUT2D eigenvalue weighted by Gasteiger charge is 2.19. The summed E-state index contributed by atoms with van der Waals surface area (Å²) in [5.74, 6) is 0. The maximum Gasteiger partial charge on any atom is 0.0332 e. The van der Waals surface area contributed by atoms with Gasteiger partial charge in [0.2, 0.25) is 0 Å². The normalized spacial score (nSPS) is 21.1. The molecule has 1 heterocycles. The first-order valence-electron chi connectivity index (χ1n) is 5.31. The van der Waals surface area contributed by atoms with Gasteiger partial charge in [-0.05, 0) is 31.0 Å². The summed E-state index contributed by atoms with van der Waals surface area (Å²) in [6, 6.07) is 2.43. The molecule has 2 rings (SSSR count). The van der Waals surface area contributed by atoms with Crippen molar-refractivity contribution >= 4 is 50.5 Å². The van der Waals surface area contributed by atoms with Crippen molar-refractivity contribution in [3.05, 3.63) is 11.6 Å². The van der Waals surface area contributed by atoms with Gasteiger partial charge in [-0.3, -0.25) is 0 Å². The van der Waals surface area contributed by atoms with Crippen LogP contribution in [0.1, 0.15) is 30.9 Å². The van der Waals surface area contributed by atoms with Crippen LogP contribution in [-0.2, 0) is 0 Å². The van der Waals surface area contributed by atoms with Gasteiger partial charge < -0.3 is 5.32 Å². The molecule has 1 unspecified atom stereocenters. The molecule has 0 saturated carbocycles. The molecule has 1 aromatic rings. The first kappa shape index (κ1) is 13.0. The van der Waals surface area contributed by atoms with Crippen molar-refractivity contribution in [2.75, 3.05) is 6.54 Å². The van der Waals surface area contributed by atoms with Crippen molar-refractivity contribution in [1.82, 2.24) is 5.32 Å². The number of nitrogens with one attached hydrogen (secondary N) is 1. The van der Waals surface area contributed by atoms with E-state index in [1.807, 2.05) is 0 Å². The fourth-order valence-electron chi connectivity index (χ4n) is 2.04. The molecule has 0 bridgehead atoms. The minimum Gasteiger partial charge on any atom is -0.310 e. The average Bonchev–Trinajstić information content (AvgIpc) is 2.32. The number of rotatable bonds is 1. The first-order chi connectivity index (χ1) is 7.61. The Labute approximate surface area is 118 Å². The quantitative estimate of drug-likeness (QED) is 0.497. The van der Waals surface area contributed by atoms with Crippen molar-refractivity contribution in [3.63, 3.8) is 0 Å². The van der Waals surface area contributed by atoms with Crippen molar-refractivity contribution in [3.8, 4) is 0 Å². The highest BCUT2D eigenvalue weighted by atomic mass is 32.1. The van der Waals surface area contributed by atoms with Crippen LogP contribution < -0.4 is 5.32 Å². The molecule has 0 spiro atoms. The lowest BCUT2D eigenvalue weighted by atomic mass is 9.97. The molecule has 0 aromatic heterocycles. The Balaban J connectivity index is 2.40. The summed E-state index contributed by atoms with van der Waals surface area (Å²) in [7, 11) is 0. The number of hydrogen-bond acceptors (Lipinski definition) is 5. The summed E-state index contributed by atoms with van der Waals surface area (Å²) < 4.78 is 0. The molecule has 1 nitrogen and oxygen atoms in total. The Bertz CT molecular complexity index is 399. The molecule has 16 heavy (non-hydrogen) atoms. The highest BCUT2D eigenvalue weighted by Crippen LogP contribution is 2.38. The largest absolute Gasteiger partial charge is 0.310 e. The van der Waals surface area contributed by atoms with E-state index >= 15 is 0 Å². The third-order valence-corrected chi connectivity index (χ3v) is 5.22. The monoisotopic (exact) mass is 289 g/mol. The molecule has 1 fully saturated rings. The van der Waals surface area contributed by atoms with Gasteiger partial charge in [0.05, 0.1) is 0 Å². The lowest BCUT2D eigenvalue weighted by Crippen LogP contribution is -2.27. The van der Waals surface area contributed by atoms with Gasteiger partial charge in [-0.2, -0.15) is 0 Å². The smallest absolute Gasteiger partial charge is 0.0332 e. The molecular weight excluding hydrogens is 274 g/mol. The number of hydrogen-bond donors (Lipinski definition) is 5. The van der Waals surface area contributed by atoms with E-state index < -0.39 is 0 Å². The molecule has 0 radical (unpaired) electrons.